The van der Waals surface area contributed by atoms with E-state index in [-0.39, 0.29) is 16.5 Å². The third kappa shape index (κ3) is 1.97. The Bertz CT molecular complexity index is 879. The highest BCUT2D eigenvalue weighted by Crippen LogP contribution is 2.41. The first-order chi connectivity index (χ1) is 10.6. The fourth-order valence-corrected chi connectivity index (χ4v) is 3.65. The molecule has 1 N–H and O–H groups in total. The standard InChI is InChI=1S/C15H15ClFN3O2/c16-11-12-9(7-10(17)13(11)19-5-1-2-6-19)14(21)18-15(22)20(12)8-3-4-8/h7-8H,1-6H2,(H,18,21,22). The van der Waals surface area contributed by atoms with E-state index in [1.54, 1.807) is 0 Å². The Morgan fingerprint density at radius 2 is 1.91 bits per heavy atom. The quantitative estimate of drug-likeness (QED) is 0.923. The SMILES string of the molecule is O=c1[nH]c(=O)n(C2CC2)c2c(Cl)c(N3CCCC3)c(F)cc12. The van der Waals surface area contributed by atoms with E-state index in [0.29, 0.717) is 11.2 Å². The molecule has 1 aromatic heterocycles. The molecule has 2 aromatic rings. The lowest BCUT2D eigenvalue weighted by molar-refractivity contribution is 0.623. The van der Waals surface area contributed by atoms with Gasteiger partial charge in [0.15, 0.2) is 0 Å². The van der Waals surface area contributed by atoms with Gasteiger partial charge in [-0.1, -0.05) is 11.6 Å². The van der Waals surface area contributed by atoms with Crippen molar-refractivity contribution in [1.82, 2.24) is 9.55 Å². The molecule has 0 bridgehead atoms. The lowest BCUT2D eigenvalue weighted by Gasteiger charge is -2.22. The van der Waals surface area contributed by atoms with E-state index >= 15 is 0 Å². The van der Waals surface area contributed by atoms with E-state index in [9.17, 15) is 14.0 Å². The number of nitrogens with one attached hydrogen (secondary N) is 1. The summed E-state index contributed by atoms with van der Waals surface area (Å²) in [4.78, 5) is 28.3. The number of hydrogen-bond donors (Lipinski definition) is 1. The molecule has 1 aliphatic carbocycles. The zero-order valence-electron chi connectivity index (χ0n) is 11.9. The zero-order valence-corrected chi connectivity index (χ0v) is 12.6. The molecular formula is C15H15ClFN3O2. The second-order valence-corrected chi connectivity index (χ2v) is 6.35. The van der Waals surface area contributed by atoms with Crippen molar-refractivity contribution in [2.45, 2.75) is 31.7 Å². The molecule has 0 radical (unpaired) electrons. The predicted molar refractivity (Wildman–Crippen MR) is 83.5 cm³/mol. The number of rotatable bonds is 2. The number of fused-ring (bicyclic) bond motifs is 1. The van der Waals surface area contributed by atoms with Crippen LogP contribution in [-0.4, -0.2) is 22.6 Å². The Hall–Kier alpha value is -1.82. The predicted octanol–water partition coefficient (Wildman–Crippen LogP) is 2.42. The van der Waals surface area contributed by atoms with Crippen LogP contribution in [0.4, 0.5) is 10.1 Å². The van der Waals surface area contributed by atoms with Gasteiger partial charge in [0.25, 0.3) is 5.56 Å². The van der Waals surface area contributed by atoms with Crippen LogP contribution in [-0.2, 0) is 0 Å². The van der Waals surface area contributed by atoms with E-state index < -0.39 is 17.1 Å². The topological polar surface area (TPSA) is 58.1 Å². The fraction of sp³-hybridized carbons (Fsp3) is 0.467. The first-order valence-electron chi connectivity index (χ1n) is 7.49. The number of aromatic amines is 1. The molecule has 1 aliphatic heterocycles. The summed E-state index contributed by atoms with van der Waals surface area (Å²) >= 11 is 6.45. The van der Waals surface area contributed by atoms with Gasteiger partial charge < -0.3 is 4.90 Å². The summed E-state index contributed by atoms with van der Waals surface area (Å²) in [5.74, 6) is -0.508. The number of H-pyrrole nitrogens is 1. The molecule has 0 amide bonds. The summed E-state index contributed by atoms with van der Waals surface area (Å²) in [5, 5.41) is 0.309. The van der Waals surface area contributed by atoms with Crippen LogP contribution < -0.4 is 16.1 Å². The van der Waals surface area contributed by atoms with Gasteiger partial charge in [-0.25, -0.2) is 9.18 Å². The van der Waals surface area contributed by atoms with E-state index in [2.05, 4.69) is 4.98 Å². The molecule has 1 saturated heterocycles. The lowest BCUT2D eigenvalue weighted by Crippen LogP contribution is -2.31. The van der Waals surface area contributed by atoms with Gasteiger partial charge in [0, 0.05) is 19.1 Å². The van der Waals surface area contributed by atoms with Gasteiger partial charge in [-0.2, -0.15) is 0 Å². The Balaban J connectivity index is 2.09. The molecule has 22 heavy (non-hydrogen) atoms. The molecule has 7 heteroatoms. The minimum Gasteiger partial charge on any atom is -0.368 e. The molecule has 2 fully saturated rings. The normalized spacial score (nSPS) is 18.4. The maximum absolute atomic E-state index is 14.5. The molecule has 2 aliphatic rings. The minimum absolute atomic E-state index is 0.0428. The van der Waals surface area contributed by atoms with Crippen molar-refractivity contribution < 1.29 is 4.39 Å². The lowest BCUT2D eigenvalue weighted by atomic mass is 10.2. The van der Waals surface area contributed by atoms with Gasteiger partial charge in [-0.3, -0.25) is 14.3 Å². The summed E-state index contributed by atoms with van der Waals surface area (Å²) in [6.45, 7) is 1.47. The number of benzene rings is 1. The molecule has 0 atom stereocenters. The van der Waals surface area contributed by atoms with Crippen molar-refractivity contribution in [3.05, 3.63) is 37.7 Å². The third-order valence-corrected chi connectivity index (χ3v) is 4.79. The van der Waals surface area contributed by atoms with Crippen LogP contribution in [0.15, 0.2) is 15.7 Å². The monoisotopic (exact) mass is 323 g/mol. The van der Waals surface area contributed by atoms with Gasteiger partial charge in [0.1, 0.15) is 5.82 Å². The van der Waals surface area contributed by atoms with Gasteiger partial charge >= 0.3 is 5.69 Å². The second-order valence-electron chi connectivity index (χ2n) is 5.97. The van der Waals surface area contributed by atoms with Crippen LogP contribution in [0.25, 0.3) is 10.9 Å². The molecular weight excluding hydrogens is 309 g/mol. The summed E-state index contributed by atoms with van der Waals surface area (Å²) in [7, 11) is 0. The third-order valence-electron chi connectivity index (χ3n) is 4.43. The Morgan fingerprint density at radius 3 is 2.55 bits per heavy atom. The first-order valence-corrected chi connectivity index (χ1v) is 7.87. The number of halogens is 2. The first kappa shape index (κ1) is 13.8. The number of nitrogens with zero attached hydrogens (tertiary/aromatic N) is 2. The average molecular weight is 324 g/mol. The molecule has 4 rings (SSSR count). The largest absolute Gasteiger partial charge is 0.368 e. The van der Waals surface area contributed by atoms with E-state index in [0.717, 1.165) is 38.8 Å². The van der Waals surface area contributed by atoms with Crippen molar-refractivity contribution >= 4 is 28.2 Å². The van der Waals surface area contributed by atoms with Gasteiger partial charge in [-0.15, -0.1) is 0 Å². The molecule has 1 saturated carbocycles. The Labute approximate surface area is 130 Å². The van der Waals surface area contributed by atoms with Crippen LogP contribution in [0.1, 0.15) is 31.7 Å². The second kappa shape index (κ2) is 4.84. The molecule has 0 unspecified atom stereocenters. The van der Waals surface area contributed by atoms with Crippen LogP contribution in [0.5, 0.6) is 0 Å². The van der Waals surface area contributed by atoms with Crippen molar-refractivity contribution in [1.29, 1.82) is 0 Å². The van der Waals surface area contributed by atoms with E-state index in [1.165, 1.54) is 10.6 Å². The van der Waals surface area contributed by atoms with Crippen LogP contribution in [0, 0.1) is 5.82 Å². The zero-order chi connectivity index (χ0) is 15.4. The van der Waals surface area contributed by atoms with Crippen molar-refractivity contribution in [3.63, 3.8) is 0 Å². The molecule has 5 nitrogen and oxygen atoms in total. The van der Waals surface area contributed by atoms with Crippen molar-refractivity contribution in [2.75, 3.05) is 18.0 Å². The number of anilines is 1. The highest BCUT2D eigenvalue weighted by Gasteiger charge is 2.30. The highest BCUT2D eigenvalue weighted by atomic mass is 35.5. The Morgan fingerprint density at radius 1 is 1.23 bits per heavy atom. The van der Waals surface area contributed by atoms with Crippen LogP contribution in [0.2, 0.25) is 5.02 Å². The average Bonchev–Trinajstić information content (AvgIpc) is 3.16. The van der Waals surface area contributed by atoms with Gasteiger partial charge in [0.05, 0.1) is 21.6 Å². The van der Waals surface area contributed by atoms with Crippen LogP contribution >= 0.6 is 11.6 Å². The summed E-state index contributed by atoms with van der Waals surface area (Å²) in [6, 6.07) is 1.24. The summed E-state index contributed by atoms with van der Waals surface area (Å²) in [6.07, 6.45) is 3.71. The van der Waals surface area contributed by atoms with Crippen molar-refractivity contribution in [3.8, 4) is 0 Å². The smallest absolute Gasteiger partial charge is 0.329 e. The molecule has 1 aromatic carbocycles. The number of hydrogen-bond acceptors (Lipinski definition) is 3. The van der Waals surface area contributed by atoms with E-state index in [4.69, 9.17) is 11.6 Å². The van der Waals surface area contributed by atoms with Gasteiger partial charge in [0.2, 0.25) is 0 Å². The van der Waals surface area contributed by atoms with Crippen molar-refractivity contribution in [2.24, 2.45) is 0 Å². The summed E-state index contributed by atoms with van der Waals surface area (Å²) < 4.78 is 16.0. The molecule has 0 spiro atoms. The van der Waals surface area contributed by atoms with Gasteiger partial charge in [-0.05, 0) is 31.7 Å². The molecule has 2 heterocycles. The molecule has 116 valence electrons. The van der Waals surface area contributed by atoms with E-state index in [1.807, 2.05) is 4.90 Å². The Kier molecular flexibility index (Phi) is 3.04. The number of aromatic nitrogens is 2. The summed E-state index contributed by atoms with van der Waals surface area (Å²) in [5.41, 5.74) is -0.390. The van der Waals surface area contributed by atoms with Crippen LogP contribution in [0.3, 0.4) is 0 Å². The maximum Gasteiger partial charge on any atom is 0.329 e. The maximum atomic E-state index is 14.5. The highest BCUT2D eigenvalue weighted by molar-refractivity contribution is 6.37. The minimum atomic E-state index is -0.592. The fourth-order valence-electron chi connectivity index (χ4n) is 3.25.